The van der Waals surface area contributed by atoms with Gasteiger partial charge >= 0.3 is 6.18 Å². The number of hydrogen-bond acceptors (Lipinski definition) is 5. The van der Waals surface area contributed by atoms with Crippen LogP contribution in [0.3, 0.4) is 0 Å². The van der Waals surface area contributed by atoms with Gasteiger partial charge in [-0.15, -0.1) is 0 Å². The lowest BCUT2D eigenvalue weighted by Crippen LogP contribution is -2.40. The Balaban J connectivity index is 2.72. The van der Waals surface area contributed by atoms with Gasteiger partial charge in [0.05, 0.1) is 12.7 Å². The molecule has 0 aliphatic carbocycles. The van der Waals surface area contributed by atoms with Crippen LogP contribution in [0.4, 0.5) is 13.2 Å². The number of nitrogens with zero attached hydrogens (tertiary/aromatic N) is 2. The summed E-state index contributed by atoms with van der Waals surface area (Å²) in [6.07, 6.45) is -5.70. The third kappa shape index (κ3) is 4.61. The van der Waals surface area contributed by atoms with Crippen LogP contribution in [0.5, 0.6) is 0 Å². The fourth-order valence-electron chi connectivity index (χ4n) is 1.13. The van der Waals surface area contributed by atoms with E-state index in [1.807, 2.05) is 13.8 Å². The monoisotopic (exact) mass is 267 g/mol. The van der Waals surface area contributed by atoms with E-state index in [2.05, 4.69) is 14.7 Å². The minimum absolute atomic E-state index is 0.00222. The van der Waals surface area contributed by atoms with Crippen molar-refractivity contribution in [3.63, 3.8) is 0 Å². The van der Waals surface area contributed by atoms with Crippen LogP contribution >= 0.6 is 0 Å². The lowest BCUT2D eigenvalue weighted by Gasteiger charge is -2.21. The predicted octanol–water partition coefficient (Wildman–Crippen LogP) is 1.77. The van der Waals surface area contributed by atoms with Crippen LogP contribution in [0.1, 0.15) is 32.5 Å². The molecule has 0 aliphatic heterocycles. The summed E-state index contributed by atoms with van der Waals surface area (Å²) >= 11 is 0. The van der Waals surface area contributed by atoms with Crippen LogP contribution in [-0.4, -0.2) is 29.0 Å². The largest absolute Gasteiger partial charge is 0.397 e. The average molecular weight is 267 g/mol. The molecule has 0 spiro atoms. The van der Waals surface area contributed by atoms with Crippen molar-refractivity contribution in [3.8, 4) is 0 Å². The van der Waals surface area contributed by atoms with Gasteiger partial charge in [-0.05, 0) is 20.8 Å². The molecule has 0 saturated heterocycles. The first-order valence-corrected chi connectivity index (χ1v) is 5.40. The van der Waals surface area contributed by atoms with Crippen LogP contribution in [0, 0.1) is 0 Å². The van der Waals surface area contributed by atoms with Gasteiger partial charge in [-0.25, -0.2) is 0 Å². The summed E-state index contributed by atoms with van der Waals surface area (Å²) in [5.74, 6) is -0.499. The molecule has 0 fully saturated rings. The second-order valence-corrected chi connectivity index (χ2v) is 4.58. The molecule has 8 heteroatoms. The van der Waals surface area contributed by atoms with Crippen molar-refractivity contribution in [1.29, 1.82) is 0 Å². The number of aromatic nitrogens is 2. The van der Waals surface area contributed by atoms with Gasteiger partial charge in [0.2, 0.25) is 5.89 Å². The molecule has 2 N–H and O–H groups in total. The van der Waals surface area contributed by atoms with Crippen molar-refractivity contribution >= 4 is 0 Å². The van der Waals surface area contributed by atoms with Crippen LogP contribution in [0.15, 0.2) is 4.52 Å². The van der Waals surface area contributed by atoms with E-state index in [0.29, 0.717) is 0 Å². The number of alkyl halides is 3. The van der Waals surface area contributed by atoms with E-state index in [4.69, 9.17) is 10.5 Å². The van der Waals surface area contributed by atoms with Crippen molar-refractivity contribution < 1.29 is 22.4 Å². The van der Waals surface area contributed by atoms with E-state index >= 15 is 0 Å². The minimum atomic E-state index is -4.39. The molecule has 104 valence electrons. The van der Waals surface area contributed by atoms with Gasteiger partial charge < -0.3 is 15.0 Å². The molecule has 18 heavy (non-hydrogen) atoms. The van der Waals surface area contributed by atoms with Gasteiger partial charge in [-0.2, -0.15) is 18.2 Å². The van der Waals surface area contributed by atoms with Crippen molar-refractivity contribution in [2.24, 2.45) is 5.73 Å². The molecule has 1 atom stereocenters. The molecule has 1 heterocycles. The van der Waals surface area contributed by atoms with Gasteiger partial charge in [0.1, 0.15) is 12.0 Å². The fraction of sp³-hybridized carbons (Fsp3) is 0.800. The second kappa shape index (κ2) is 5.23. The zero-order valence-electron chi connectivity index (χ0n) is 10.4. The highest BCUT2D eigenvalue weighted by Gasteiger charge is 2.34. The van der Waals surface area contributed by atoms with Crippen molar-refractivity contribution in [2.75, 3.05) is 6.61 Å². The highest BCUT2D eigenvalue weighted by atomic mass is 19.4. The first kappa shape index (κ1) is 14.9. The van der Waals surface area contributed by atoms with Gasteiger partial charge in [0.15, 0.2) is 5.82 Å². The number of rotatable bonds is 5. The zero-order valence-corrected chi connectivity index (χ0v) is 10.4. The highest BCUT2D eigenvalue weighted by molar-refractivity contribution is 5.02. The summed E-state index contributed by atoms with van der Waals surface area (Å²) in [6, 6.07) is 0. The van der Waals surface area contributed by atoms with Crippen molar-refractivity contribution in [2.45, 2.75) is 45.0 Å². The first-order chi connectivity index (χ1) is 8.10. The summed E-state index contributed by atoms with van der Waals surface area (Å²) in [5, 5.41) is 3.46. The van der Waals surface area contributed by atoms with E-state index in [-0.39, 0.29) is 18.5 Å². The maximum absolute atomic E-state index is 12.1. The Labute approximate surface area is 102 Å². The van der Waals surface area contributed by atoms with Crippen LogP contribution in [0.25, 0.3) is 0 Å². The molecule has 1 aromatic rings. The van der Waals surface area contributed by atoms with Crippen molar-refractivity contribution in [3.05, 3.63) is 11.7 Å². The summed E-state index contributed by atoms with van der Waals surface area (Å²) in [7, 11) is 0. The normalized spacial score (nSPS) is 16.0. The molecule has 1 rings (SSSR count). The van der Waals surface area contributed by atoms with Crippen LogP contribution in [-0.2, 0) is 16.7 Å². The molecule has 1 aromatic heterocycles. The highest BCUT2D eigenvalue weighted by Crippen LogP contribution is 2.22. The number of ether oxygens (including phenoxy) is 1. The standard InChI is InChI=1S/C10H16F3N3O2/c1-6(2)17-5-9(3,14)8-15-7(18-16-8)4-10(11,12)13/h6H,4-5,14H2,1-3H3. The molecule has 0 saturated carbocycles. The summed E-state index contributed by atoms with van der Waals surface area (Å²) in [5.41, 5.74) is 4.79. The molecule has 1 unspecified atom stereocenters. The lowest BCUT2D eigenvalue weighted by molar-refractivity contribution is -0.131. The fourth-order valence-corrected chi connectivity index (χ4v) is 1.13. The van der Waals surface area contributed by atoms with Gasteiger partial charge in [0, 0.05) is 0 Å². The van der Waals surface area contributed by atoms with E-state index in [1.54, 1.807) is 6.92 Å². The van der Waals surface area contributed by atoms with E-state index in [0.717, 1.165) is 0 Å². The number of nitrogens with two attached hydrogens (primary N) is 1. The van der Waals surface area contributed by atoms with Gasteiger partial charge in [-0.1, -0.05) is 5.16 Å². The molecule has 0 aromatic carbocycles. The SMILES string of the molecule is CC(C)OCC(C)(N)c1noc(CC(F)(F)F)n1. The molecule has 0 amide bonds. The third-order valence-electron chi connectivity index (χ3n) is 2.05. The second-order valence-electron chi connectivity index (χ2n) is 4.58. The Morgan fingerprint density at radius 3 is 2.50 bits per heavy atom. The zero-order chi connectivity index (χ0) is 14.0. The molecule has 0 bridgehead atoms. The van der Waals surface area contributed by atoms with E-state index < -0.39 is 24.0 Å². The maximum atomic E-state index is 12.1. The van der Waals surface area contributed by atoms with E-state index in [1.165, 1.54) is 0 Å². The average Bonchev–Trinajstić information content (AvgIpc) is 2.61. The van der Waals surface area contributed by atoms with Crippen molar-refractivity contribution in [1.82, 2.24) is 10.1 Å². The maximum Gasteiger partial charge on any atom is 0.397 e. The number of hydrogen-bond donors (Lipinski definition) is 1. The Morgan fingerprint density at radius 2 is 2.00 bits per heavy atom. The first-order valence-electron chi connectivity index (χ1n) is 5.40. The van der Waals surface area contributed by atoms with E-state index in [9.17, 15) is 13.2 Å². The molecule has 5 nitrogen and oxygen atoms in total. The Hall–Kier alpha value is -1.15. The lowest BCUT2D eigenvalue weighted by atomic mass is 10.1. The van der Waals surface area contributed by atoms with Gasteiger partial charge in [0.25, 0.3) is 0 Å². The van der Waals surface area contributed by atoms with Crippen LogP contribution < -0.4 is 5.73 Å². The smallest absolute Gasteiger partial charge is 0.376 e. The third-order valence-corrected chi connectivity index (χ3v) is 2.05. The van der Waals surface area contributed by atoms with Crippen LogP contribution in [0.2, 0.25) is 0 Å². The van der Waals surface area contributed by atoms with Gasteiger partial charge in [-0.3, -0.25) is 0 Å². The Bertz CT molecular complexity index is 388. The molecular weight excluding hydrogens is 251 g/mol. The Kier molecular flexibility index (Phi) is 4.33. The Morgan fingerprint density at radius 1 is 1.39 bits per heavy atom. The molecule has 0 aliphatic rings. The summed E-state index contributed by atoms with van der Waals surface area (Å²) < 4.78 is 46.2. The summed E-state index contributed by atoms with van der Waals surface area (Å²) in [6.45, 7) is 5.30. The minimum Gasteiger partial charge on any atom is -0.376 e. The predicted molar refractivity (Wildman–Crippen MR) is 56.7 cm³/mol. The quantitative estimate of drug-likeness (QED) is 0.880. The molecular formula is C10H16F3N3O2. The summed E-state index contributed by atoms with van der Waals surface area (Å²) in [4.78, 5) is 3.64. The number of halogens is 3. The molecule has 0 radical (unpaired) electrons. The topological polar surface area (TPSA) is 74.2 Å².